The predicted octanol–water partition coefficient (Wildman–Crippen LogP) is 4.77. The van der Waals surface area contributed by atoms with Crippen molar-refractivity contribution in [2.24, 2.45) is 0 Å². The van der Waals surface area contributed by atoms with Crippen LogP contribution in [0, 0.1) is 17.1 Å². The molecule has 3 rings (SSSR count). The molecule has 0 fully saturated rings. The number of benzene rings is 2. The van der Waals surface area contributed by atoms with Crippen LogP contribution >= 0.6 is 15.9 Å². The van der Waals surface area contributed by atoms with E-state index in [1.807, 2.05) is 30.3 Å². The van der Waals surface area contributed by atoms with E-state index in [2.05, 4.69) is 27.0 Å². The zero-order chi connectivity index (χ0) is 16.4. The van der Waals surface area contributed by atoms with Gasteiger partial charge in [-0.1, -0.05) is 36.4 Å². The van der Waals surface area contributed by atoms with Crippen LogP contribution in [0.15, 0.2) is 59.1 Å². The van der Waals surface area contributed by atoms with Crippen molar-refractivity contribution in [2.75, 3.05) is 5.73 Å². The van der Waals surface area contributed by atoms with Crippen LogP contribution in [0.2, 0.25) is 0 Å². The molecule has 0 saturated carbocycles. The molecule has 1 heterocycles. The van der Waals surface area contributed by atoms with Crippen molar-refractivity contribution in [2.45, 2.75) is 0 Å². The van der Waals surface area contributed by atoms with Gasteiger partial charge in [-0.05, 0) is 39.7 Å². The van der Waals surface area contributed by atoms with E-state index in [0.717, 1.165) is 5.56 Å². The Kier molecular flexibility index (Phi) is 4.09. The van der Waals surface area contributed by atoms with Crippen molar-refractivity contribution in [1.82, 2.24) is 4.98 Å². The first kappa shape index (κ1) is 15.2. The minimum Gasteiger partial charge on any atom is -0.383 e. The van der Waals surface area contributed by atoms with Crippen LogP contribution in [0.25, 0.3) is 22.4 Å². The minimum atomic E-state index is -0.363. The summed E-state index contributed by atoms with van der Waals surface area (Å²) in [6, 6.07) is 18.0. The predicted molar refractivity (Wildman–Crippen MR) is 91.9 cm³/mol. The lowest BCUT2D eigenvalue weighted by Gasteiger charge is -2.11. The maximum Gasteiger partial charge on any atom is 0.142 e. The fourth-order valence-corrected chi connectivity index (χ4v) is 2.71. The number of hydrogen-bond acceptors (Lipinski definition) is 3. The Morgan fingerprint density at radius 2 is 1.78 bits per heavy atom. The van der Waals surface area contributed by atoms with Crippen molar-refractivity contribution >= 4 is 21.7 Å². The zero-order valence-electron chi connectivity index (χ0n) is 11.9. The number of nitrogen functional groups attached to an aromatic ring is 1. The lowest BCUT2D eigenvalue weighted by molar-refractivity contribution is 0.621. The van der Waals surface area contributed by atoms with Gasteiger partial charge in [0, 0.05) is 11.1 Å². The number of rotatable bonds is 2. The van der Waals surface area contributed by atoms with Crippen molar-refractivity contribution in [3.05, 3.63) is 70.5 Å². The highest BCUT2D eigenvalue weighted by atomic mass is 79.9. The number of pyridine rings is 1. The van der Waals surface area contributed by atoms with Gasteiger partial charge < -0.3 is 5.73 Å². The highest BCUT2D eigenvalue weighted by Crippen LogP contribution is 2.33. The van der Waals surface area contributed by atoms with Gasteiger partial charge in [0.25, 0.3) is 0 Å². The van der Waals surface area contributed by atoms with Crippen molar-refractivity contribution in [3.63, 3.8) is 0 Å². The summed E-state index contributed by atoms with van der Waals surface area (Å²) in [6.45, 7) is 0. The summed E-state index contributed by atoms with van der Waals surface area (Å²) < 4.78 is 13.8. The van der Waals surface area contributed by atoms with Gasteiger partial charge >= 0.3 is 0 Å². The Hall–Kier alpha value is -2.71. The molecular formula is C18H11BrFN3. The molecular weight excluding hydrogens is 357 g/mol. The highest BCUT2D eigenvalue weighted by Gasteiger charge is 2.14. The van der Waals surface area contributed by atoms with E-state index >= 15 is 0 Å². The smallest absolute Gasteiger partial charge is 0.142 e. The average Bonchev–Trinajstić information content (AvgIpc) is 2.57. The molecule has 5 heteroatoms. The summed E-state index contributed by atoms with van der Waals surface area (Å²) in [4.78, 5) is 4.31. The van der Waals surface area contributed by atoms with E-state index in [9.17, 15) is 9.65 Å². The molecule has 23 heavy (non-hydrogen) atoms. The monoisotopic (exact) mass is 367 g/mol. The summed E-state index contributed by atoms with van der Waals surface area (Å²) in [5.74, 6) is -0.207. The first-order valence-corrected chi connectivity index (χ1v) is 7.61. The Labute approximate surface area is 141 Å². The number of nitrogens with two attached hydrogens (primary N) is 1. The van der Waals surface area contributed by atoms with Gasteiger partial charge in [0.15, 0.2) is 0 Å². The Morgan fingerprint density at radius 3 is 2.43 bits per heavy atom. The average molecular weight is 368 g/mol. The van der Waals surface area contributed by atoms with Crippen LogP contribution < -0.4 is 5.73 Å². The van der Waals surface area contributed by atoms with Gasteiger partial charge in [0.05, 0.1) is 10.2 Å². The Bertz CT molecular complexity index is 918. The second-order valence-electron chi connectivity index (χ2n) is 4.92. The SMILES string of the molecule is N#Cc1c(-c2ccc(F)c(Br)c2)cc(-c2ccccc2)nc1N. The number of halogens is 2. The minimum absolute atomic E-state index is 0.157. The zero-order valence-corrected chi connectivity index (χ0v) is 13.5. The fourth-order valence-electron chi connectivity index (χ4n) is 2.33. The van der Waals surface area contributed by atoms with Crippen LogP contribution in [0.3, 0.4) is 0 Å². The highest BCUT2D eigenvalue weighted by molar-refractivity contribution is 9.10. The van der Waals surface area contributed by atoms with Crippen molar-refractivity contribution in [3.8, 4) is 28.5 Å². The number of aromatic nitrogens is 1. The second-order valence-corrected chi connectivity index (χ2v) is 5.78. The molecule has 0 bridgehead atoms. The fraction of sp³-hybridized carbons (Fsp3) is 0. The molecule has 2 aromatic carbocycles. The maximum atomic E-state index is 13.5. The first-order chi connectivity index (χ1) is 11.1. The van der Waals surface area contributed by atoms with Gasteiger partial charge in [0.1, 0.15) is 23.3 Å². The molecule has 3 aromatic rings. The van der Waals surface area contributed by atoms with Gasteiger partial charge in [-0.2, -0.15) is 5.26 Å². The summed E-state index contributed by atoms with van der Waals surface area (Å²) in [5, 5.41) is 9.39. The number of nitrogens with zero attached hydrogens (tertiary/aromatic N) is 2. The number of nitriles is 1. The molecule has 0 aliphatic rings. The molecule has 0 amide bonds. The molecule has 0 unspecified atom stereocenters. The molecule has 0 aliphatic heterocycles. The van der Waals surface area contributed by atoms with E-state index in [4.69, 9.17) is 5.73 Å². The van der Waals surface area contributed by atoms with Crippen LogP contribution in [0.1, 0.15) is 5.56 Å². The van der Waals surface area contributed by atoms with Gasteiger partial charge in [-0.3, -0.25) is 0 Å². The van der Waals surface area contributed by atoms with E-state index in [1.165, 1.54) is 6.07 Å². The third-order valence-corrected chi connectivity index (χ3v) is 4.07. The van der Waals surface area contributed by atoms with Crippen molar-refractivity contribution < 1.29 is 4.39 Å². The van der Waals surface area contributed by atoms with Crippen molar-refractivity contribution in [1.29, 1.82) is 5.26 Å². The lowest BCUT2D eigenvalue weighted by atomic mass is 9.98. The van der Waals surface area contributed by atoms with E-state index < -0.39 is 0 Å². The van der Waals surface area contributed by atoms with E-state index in [1.54, 1.807) is 18.2 Å². The summed E-state index contributed by atoms with van der Waals surface area (Å²) in [7, 11) is 0. The van der Waals surface area contributed by atoms with Gasteiger partial charge in [-0.15, -0.1) is 0 Å². The molecule has 0 atom stereocenters. The third-order valence-electron chi connectivity index (χ3n) is 3.46. The molecule has 1 aromatic heterocycles. The summed E-state index contributed by atoms with van der Waals surface area (Å²) in [6.07, 6.45) is 0. The topological polar surface area (TPSA) is 62.7 Å². The van der Waals surface area contributed by atoms with E-state index in [0.29, 0.717) is 21.3 Å². The normalized spacial score (nSPS) is 10.3. The second kappa shape index (κ2) is 6.19. The van der Waals surface area contributed by atoms with E-state index in [-0.39, 0.29) is 17.2 Å². The largest absolute Gasteiger partial charge is 0.383 e. The molecule has 0 saturated heterocycles. The first-order valence-electron chi connectivity index (χ1n) is 6.81. The molecule has 3 nitrogen and oxygen atoms in total. The standard InChI is InChI=1S/C18H11BrFN3/c19-15-8-12(6-7-16(15)20)13-9-17(11-4-2-1-3-5-11)23-18(22)14(13)10-21/h1-9H,(H2,22,23). The van der Waals surface area contributed by atoms with Crippen LogP contribution in [0.4, 0.5) is 10.2 Å². The number of anilines is 1. The maximum absolute atomic E-state index is 13.5. The Balaban J connectivity index is 2.24. The molecule has 0 radical (unpaired) electrons. The van der Waals surface area contributed by atoms with Gasteiger partial charge in [-0.25, -0.2) is 9.37 Å². The van der Waals surface area contributed by atoms with Crippen LogP contribution in [-0.2, 0) is 0 Å². The lowest BCUT2D eigenvalue weighted by Crippen LogP contribution is -2.00. The van der Waals surface area contributed by atoms with Crippen LogP contribution in [-0.4, -0.2) is 4.98 Å². The molecule has 0 aliphatic carbocycles. The molecule has 112 valence electrons. The summed E-state index contributed by atoms with van der Waals surface area (Å²) >= 11 is 3.17. The number of hydrogen-bond donors (Lipinski definition) is 1. The molecule has 2 N–H and O–H groups in total. The molecule has 0 spiro atoms. The summed E-state index contributed by atoms with van der Waals surface area (Å²) in [5.41, 5.74) is 9.12. The van der Waals surface area contributed by atoms with Gasteiger partial charge in [0.2, 0.25) is 0 Å². The Morgan fingerprint density at radius 1 is 1.04 bits per heavy atom. The van der Waals surface area contributed by atoms with Crippen LogP contribution in [0.5, 0.6) is 0 Å². The third kappa shape index (κ3) is 2.94. The quantitative estimate of drug-likeness (QED) is 0.709.